The van der Waals surface area contributed by atoms with Crippen LogP contribution in [0.25, 0.3) is 0 Å². The van der Waals surface area contributed by atoms with Gasteiger partial charge in [0, 0.05) is 32.1 Å². The molecule has 1 saturated heterocycles. The number of morpholine rings is 1. The number of nitrogens with zero attached hydrogens (tertiary/aromatic N) is 1. The lowest BCUT2D eigenvalue weighted by molar-refractivity contribution is -0.0205. The van der Waals surface area contributed by atoms with E-state index in [-0.39, 0.29) is 0 Å². The first-order valence-corrected chi connectivity index (χ1v) is 6.94. The molecule has 0 bridgehead atoms. The van der Waals surface area contributed by atoms with E-state index < -0.39 is 0 Å². The first-order valence-electron chi connectivity index (χ1n) is 6.40. The zero-order chi connectivity index (χ0) is 13.1. The van der Waals surface area contributed by atoms with Crippen molar-refractivity contribution in [3.63, 3.8) is 0 Å². The molecule has 1 atom stereocenters. The Morgan fingerprint density at radius 3 is 2.61 bits per heavy atom. The summed E-state index contributed by atoms with van der Waals surface area (Å²) in [5.74, 6) is 0.611. The van der Waals surface area contributed by atoms with E-state index in [1.165, 1.54) is 0 Å². The Balaban J connectivity index is 1.93. The molecule has 0 amide bonds. The molecule has 0 radical (unpaired) electrons. The molecule has 1 fully saturated rings. The summed E-state index contributed by atoms with van der Waals surface area (Å²) < 4.78 is 21.1. The van der Waals surface area contributed by atoms with Crippen LogP contribution < -0.4 is 0 Å². The Bertz CT molecular complexity index is 197. The highest BCUT2D eigenvalue weighted by atomic mass is 35.5. The monoisotopic (exact) mass is 281 g/mol. The lowest BCUT2D eigenvalue weighted by Crippen LogP contribution is -2.47. The van der Waals surface area contributed by atoms with Gasteiger partial charge in [0.05, 0.1) is 46.2 Å². The van der Waals surface area contributed by atoms with Crippen molar-refractivity contribution in [2.45, 2.75) is 6.04 Å². The summed E-state index contributed by atoms with van der Waals surface area (Å²) in [4.78, 5) is 2.32. The van der Waals surface area contributed by atoms with Crippen LogP contribution in [0.15, 0.2) is 0 Å². The van der Waals surface area contributed by atoms with E-state index in [1.54, 1.807) is 7.11 Å². The number of methoxy groups -OCH3 is 1. The molecule has 1 rings (SSSR count). The minimum Gasteiger partial charge on any atom is -0.382 e. The van der Waals surface area contributed by atoms with Crippen molar-refractivity contribution in [1.82, 2.24) is 4.90 Å². The van der Waals surface area contributed by atoms with Gasteiger partial charge < -0.3 is 18.9 Å². The zero-order valence-corrected chi connectivity index (χ0v) is 11.9. The third kappa shape index (κ3) is 6.87. The van der Waals surface area contributed by atoms with Crippen molar-refractivity contribution >= 4 is 11.6 Å². The summed E-state index contributed by atoms with van der Waals surface area (Å²) in [6, 6.07) is 0.321. The van der Waals surface area contributed by atoms with Gasteiger partial charge in [-0.25, -0.2) is 0 Å². The van der Waals surface area contributed by atoms with E-state index in [1.807, 2.05) is 0 Å². The van der Waals surface area contributed by atoms with Gasteiger partial charge in [-0.15, -0.1) is 11.6 Å². The quantitative estimate of drug-likeness (QED) is 0.433. The smallest absolute Gasteiger partial charge is 0.0701 e. The van der Waals surface area contributed by atoms with E-state index in [2.05, 4.69) is 4.90 Å². The van der Waals surface area contributed by atoms with Crippen LogP contribution >= 0.6 is 11.6 Å². The summed E-state index contributed by atoms with van der Waals surface area (Å²) in [6.45, 7) is 6.55. The summed E-state index contributed by atoms with van der Waals surface area (Å²) in [5.41, 5.74) is 0. The second kappa shape index (κ2) is 11.0. The predicted molar refractivity (Wildman–Crippen MR) is 70.4 cm³/mol. The zero-order valence-electron chi connectivity index (χ0n) is 11.1. The number of hydrogen-bond acceptors (Lipinski definition) is 5. The van der Waals surface area contributed by atoms with Crippen LogP contribution in [0, 0.1) is 0 Å². The molecule has 1 aliphatic heterocycles. The van der Waals surface area contributed by atoms with Gasteiger partial charge in [-0.1, -0.05) is 0 Å². The highest BCUT2D eigenvalue weighted by molar-refractivity contribution is 6.18. The van der Waals surface area contributed by atoms with E-state index in [4.69, 9.17) is 30.5 Å². The highest BCUT2D eigenvalue weighted by Crippen LogP contribution is 2.07. The summed E-state index contributed by atoms with van der Waals surface area (Å²) in [6.07, 6.45) is 0. The van der Waals surface area contributed by atoms with Gasteiger partial charge in [-0.3, -0.25) is 4.90 Å². The Labute approximate surface area is 114 Å². The third-order valence-corrected chi connectivity index (χ3v) is 3.21. The summed E-state index contributed by atoms with van der Waals surface area (Å²) in [7, 11) is 1.66. The molecular weight excluding hydrogens is 258 g/mol. The lowest BCUT2D eigenvalue weighted by Gasteiger charge is -2.34. The molecule has 0 spiro atoms. The van der Waals surface area contributed by atoms with Crippen LogP contribution in [-0.4, -0.2) is 83.3 Å². The Morgan fingerprint density at radius 2 is 1.89 bits per heavy atom. The molecule has 0 aromatic rings. The predicted octanol–water partition coefficient (Wildman–Crippen LogP) is 0.606. The fraction of sp³-hybridized carbons (Fsp3) is 1.00. The van der Waals surface area contributed by atoms with Gasteiger partial charge in [-0.05, 0) is 0 Å². The first-order chi connectivity index (χ1) is 8.88. The van der Waals surface area contributed by atoms with Crippen molar-refractivity contribution in [2.24, 2.45) is 0 Å². The molecule has 0 aromatic heterocycles. The maximum atomic E-state index is 5.89. The second-order valence-corrected chi connectivity index (χ2v) is 4.45. The third-order valence-electron chi connectivity index (χ3n) is 2.85. The summed E-state index contributed by atoms with van der Waals surface area (Å²) >= 11 is 5.89. The molecule has 0 aliphatic carbocycles. The van der Waals surface area contributed by atoms with Gasteiger partial charge in [0.25, 0.3) is 0 Å². The molecule has 0 saturated carbocycles. The largest absolute Gasteiger partial charge is 0.382 e. The van der Waals surface area contributed by atoms with Gasteiger partial charge in [-0.2, -0.15) is 0 Å². The number of alkyl halides is 1. The molecule has 108 valence electrons. The molecule has 0 N–H and O–H groups in total. The van der Waals surface area contributed by atoms with Crippen molar-refractivity contribution in [3.8, 4) is 0 Å². The SMILES string of the molecule is COCCOCCOCCN1CCOCC1CCl. The van der Waals surface area contributed by atoms with Gasteiger partial charge in [0.15, 0.2) is 0 Å². The Hall–Kier alpha value is 0.0900. The lowest BCUT2D eigenvalue weighted by atomic mass is 10.2. The van der Waals surface area contributed by atoms with Gasteiger partial charge in [0.2, 0.25) is 0 Å². The Kier molecular flexibility index (Phi) is 9.83. The molecular formula is C12H24ClNO4. The van der Waals surface area contributed by atoms with Crippen molar-refractivity contribution in [1.29, 1.82) is 0 Å². The van der Waals surface area contributed by atoms with Crippen molar-refractivity contribution in [2.75, 3.05) is 72.3 Å². The number of ether oxygens (including phenoxy) is 4. The normalized spacial score (nSPS) is 21.3. The van der Waals surface area contributed by atoms with E-state index >= 15 is 0 Å². The molecule has 1 unspecified atom stereocenters. The fourth-order valence-corrected chi connectivity index (χ4v) is 2.06. The first kappa shape index (κ1) is 16.1. The van der Waals surface area contributed by atoms with Crippen molar-refractivity contribution in [3.05, 3.63) is 0 Å². The number of rotatable bonds is 10. The number of hydrogen-bond donors (Lipinski definition) is 0. The fourth-order valence-electron chi connectivity index (χ4n) is 1.77. The molecule has 6 heteroatoms. The average Bonchev–Trinajstić information content (AvgIpc) is 2.42. The van der Waals surface area contributed by atoms with Crippen LogP contribution in [0.5, 0.6) is 0 Å². The molecule has 1 aliphatic rings. The van der Waals surface area contributed by atoms with Crippen LogP contribution in [0.1, 0.15) is 0 Å². The van der Waals surface area contributed by atoms with Crippen LogP contribution in [0.2, 0.25) is 0 Å². The van der Waals surface area contributed by atoms with Crippen molar-refractivity contribution < 1.29 is 18.9 Å². The minimum absolute atomic E-state index is 0.321. The molecule has 0 aromatic carbocycles. The topological polar surface area (TPSA) is 40.2 Å². The second-order valence-electron chi connectivity index (χ2n) is 4.14. The Morgan fingerprint density at radius 1 is 1.17 bits per heavy atom. The van der Waals surface area contributed by atoms with Crippen LogP contribution in [0.3, 0.4) is 0 Å². The highest BCUT2D eigenvalue weighted by Gasteiger charge is 2.21. The summed E-state index contributed by atoms with van der Waals surface area (Å²) in [5, 5.41) is 0. The maximum Gasteiger partial charge on any atom is 0.0701 e. The molecule has 5 nitrogen and oxygen atoms in total. The molecule has 18 heavy (non-hydrogen) atoms. The van der Waals surface area contributed by atoms with Gasteiger partial charge >= 0.3 is 0 Å². The average molecular weight is 282 g/mol. The standard InChI is InChI=1S/C12H24ClNO4/c1-15-6-7-17-9-8-16-4-2-14-3-5-18-11-12(14)10-13/h12H,2-11H2,1H3. The minimum atomic E-state index is 0.321. The van der Waals surface area contributed by atoms with E-state index in [9.17, 15) is 0 Å². The van der Waals surface area contributed by atoms with Crippen LogP contribution in [0.4, 0.5) is 0 Å². The van der Waals surface area contributed by atoms with Gasteiger partial charge in [0.1, 0.15) is 0 Å². The maximum absolute atomic E-state index is 5.89. The van der Waals surface area contributed by atoms with E-state index in [0.29, 0.717) is 45.0 Å². The van der Waals surface area contributed by atoms with Crippen LogP contribution in [-0.2, 0) is 18.9 Å². The number of halogens is 1. The molecule has 1 heterocycles. The van der Waals surface area contributed by atoms with E-state index in [0.717, 1.165) is 26.3 Å².